The highest BCUT2D eigenvalue weighted by atomic mass is 16.3. The van der Waals surface area contributed by atoms with E-state index in [-0.39, 0.29) is 5.91 Å². The van der Waals surface area contributed by atoms with Crippen molar-refractivity contribution >= 4 is 12.0 Å². The van der Waals surface area contributed by atoms with Gasteiger partial charge in [0.15, 0.2) is 0 Å². The van der Waals surface area contributed by atoms with Crippen molar-refractivity contribution in [1.29, 1.82) is 0 Å². The molecule has 0 aliphatic heterocycles. The summed E-state index contributed by atoms with van der Waals surface area (Å²) in [6, 6.07) is 14.2. The fourth-order valence-corrected chi connectivity index (χ4v) is 3.38. The van der Waals surface area contributed by atoms with Gasteiger partial charge in [-0.2, -0.15) is 0 Å². The second-order valence-electron chi connectivity index (χ2n) is 7.39. The molecule has 0 saturated heterocycles. The molecule has 28 heavy (non-hydrogen) atoms. The summed E-state index contributed by atoms with van der Waals surface area (Å²) in [5.41, 5.74) is 1.23. The largest absolute Gasteiger partial charge is 0.461 e. The van der Waals surface area contributed by atoms with E-state index in [1.807, 2.05) is 36.5 Å². The number of amides is 1. The van der Waals surface area contributed by atoms with Crippen LogP contribution < -0.4 is 5.32 Å². The molecule has 2 atom stereocenters. The normalized spacial score (nSPS) is 18.5. The standard InChI is InChI=1S/C23H25N3O2/c1-17-15-20(17)21-9-7-19(28-21)8-10-23(27)25-12-11-22-24-13-14-26(22)16-18-5-3-2-4-6-18/h2-10,13-14,17,20H,11-12,15-16H2,1H3,(H,25,27)/b10-8+. The van der Waals surface area contributed by atoms with Crippen LogP contribution in [0.25, 0.3) is 6.08 Å². The third-order valence-corrected chi connectivity index (χ3v) is 5.17. The smallest absolute Gasteiger partial charge is 0.244 e. The van der Waals surface area contributed by atoms with Crippen molar-refractivity contribution in [1.82, 2.24) is 14.9 Å². The van der Waals surface area contributed by atoms with E-state index in [4.69, 9.17) is 4.42 Å². The van der Waals surface area contributed by atoms with Gasteiger partial charge in [0.25, 0.3) is 0 Å². The third-order valence-electron chi connectivity index (χ3n) is 5.17. The first-order valence-corrected chi connectivity index (χ1v) is 9.78. The van der Waals surface area contributed by atoms with Crippen LogP contribution in [-0.2, 0) is 17.8 Å². The quantitative estimate of drug-likeness (QED) is 0.605. The Hall–Kier alpha value is -3.08. The predicted octanol–water partition coefficient (Wildman–Crippen LogP) is 4.02. The van der Waals surface area contributed by atoms with Gasteiger partial charge in [-0.3, -0.25) is 4.79 Å². The lowest BCUT2D eigenvalue weighted by Crippen LogP contribution is -2.24. The number of hydrogen-bond donors (Lipinski definition) is 1. The number of hydrogen-bond acceptors (Lipinski definition) is 3. The van der Waals surface area contributed by atoms with Crippen LogP contribution >= 0.6 is 0 Å². The molecule has 1 amide bonds. The van der Waals surface area contributed by atoms with Crippen LogP contribution in [0.2, 0.25) is 0 Å². The first-order valence-electron chi connectivity index (χ1n) is 9.78. The molecule has 3 aromatic rings. The zero-order chi connectivity index (χ0) is 19.3. The summed E-state index contributed by atoms with van der Waals surface area (Å²) < 4.78 is 7.90. The molecule has 5 heteroatoms. The summed E-state index contributed by atoms with van der Waals surface area (Å²) in [6.45, 7) is 3.55. The monoisotopic (exact) mass is 375 g/mol. The lowest BCUT2D eigenvalue weighted by molar-refractivity contribution is -0.116. The van der Waals surface area contributed by atoms with Crippen LogP contribution in [0.5, 0.6) is 0 Å². The van der Waals surface area contributed by atoms with Crippen molar-refractivity contribution < 1.29 is 9.21 Å². The lowest BCUT2D eigenvalue weighted by atomic mass is 10.2. The average Bonchev–Trinajstić information content (AvgIpc) is 3.08. The Morgan fingerprint density at radius 3 is 2.89 bits per heavy atom. The number of rotatable bonds is 8. The van der Waals surface area contributed by atoms with Crippen molar-refractivity contribution in [2.75, 3.05) is 6.54 Å². The van der Waals surface area contributed by atoms with Gasteiger partial charge in [-0.1, -0.05) is 37.3 Å². The molecule has 1 fully saturated rings. The van der Waals surface area contributed by atoms with Crippen molar-refractivity contribution in [2.24, 2.45) is 5.92 Å². The molecule has 2 heterocycles. The molecule has 4 rings (SSSR count). The Bertz CT molecular complexity index is 955. The van der Waals surface area contributed by atoms with Gasteiger partial charge in [0, 0.05) is 43.9 Å². The summed E-state index contributed by atoms with van der Waals surface area (Å²) >= 11 is 0. The zero-order valence-corrected chi connectivity index (χ0v) is 16.0. The van der Waals surface area contributed by atoms with E-state index in [9.17, 15) is 4.79 Å². The number of benzene rings is 1. The van der Waals surface area contributed by atoms with Gasteiger partial charge in [-0.15, -0.1) is 0 Å². The number of carbonyl (C=O) groups is 1. The highest BCUT2D eigenvalue weighted by Crippen LogP contribution is 2.47. The number of nitrogens with zero attached hydrogens (tertiary/aromatic N) is 2. The summed E-state index contributed by atoms with van der Waals surface area (Å²) in [6.07, 6.45) is 8.90. The van der Waals surface area contributed by atoms with Gasteiger partial charge in [0.05, 0.1) is 0 Å². The average molecular weight is 375 g/mol. The zero-order valence-electron chi connectivity index (χ0n) is 16.0. The number of nitrogens with one attached hydrogen (secondary N) is 1. The fourth-order valence-electron chi connectivity index (χ4n) is 3.38. The Kier molecular flexibility index (Phi) is 5.42. The highest BCUT2D eigenvalue weighted by Gasteiger charge is 2.36. The Labute approximate surface area is 165 Å². The molecule has 1 aromatic carbocycles. The van der Waals surface area contributed by atoms with Gasteiger partial charge in [0.2, 0.25) is 5.91 Å². The summed E-state index contributed by atoms with van der Waals surface area (Å²) in [7, 11) is 0. The van der Waals surface area contributed by atoms with E-state index >= 15 is 0 Å². The second-order valence-corrected chi connectivity index (χ2v) is 7.39. The van der Waals surface area contributed by atoms with E-state index in [1.165, 1.54) is 18.1 Å². The van der Waals surface area contributed by atoms with Gasteiger partial charge < -0.3 is 14.3 Å². The SMILES string of the molecule is CC1CC1c1ccc(/C=C/C(=O)NCCc2nccn2Cc2ccccc2)o1. The lowest BCUT2D eigenvalue weighted by Gasteiger charge is -2.08. The van der Waals surface area contributed by atoms with E-state index < -0.39 is 0 Å². The van der Waals surface area contributed by atoms with Crippen molar-refractivity contribution in [2.45, 2.75) is 32.2 Å². The highest BCUT2D eigenvalue weighted by molar-refractivity contribution is 5.91. The predicted molar refractivity (Wildman–Crippen MR) is 109 cm³/mol. The van der Waals surface area contributed by atoms with Gasteiger partial charge in [-0.25, -0.2) is 4.98 Å². The number of carbonyl (C=O) groups excluding carboxylic acids is 1. The van der Waals surface area contributed by atoms with Crippen LogP contribution in [0, 0.1) is 5.92 Å². The van der Waals surface area contributed by atoms with Gasteiger partial charge >= 0.3 is 0 Å². The number of aromatic nitrogens is 2. The maximum atomic E-state index is 12.1. The van der Waals surface area contributed by atoms with Gasteiger partial charge in [-0.05, 0) is 36.1 Å². The molecule has 0 bridgehead atoms. The third kappa shape index (κ3) is 4.60. The summed E-state index contributed by atoms with van der Waals surface area (Å²) in [5.74, 6) is 3.85. The molecule has 1 N–H and O–H groups in total. The summed E-state index contributed by atoms with van der Waals surface area (Å²) in [4.78, 5) is 16.5. The van der Waals surface area contributed by atoms with E-state index in [0.717, 1.165) is 23.9 Å². The van der Waals surface area contributed by atoms with E-state index in [0.29, 0.717) is 24.8 Å². The van der Waals surface area contributed by atoms with Gasteiger partial charge in [0.1, 0.15) is 17.3 Å². The molecule has 1 saturated carbocycles. The minimum absolute atomic E-state index is 0.126. The molecule has 2 unspecified atom stereocenters. The Balaban J connectivity index is 1.24. The van der Waals surface area contributed by atoms with E-state index in [2.05, 4.69) is 33.9 Å². The number of imidazole rings is 1. The van der Waals surface area contributed by atoms with Crippen LogP contribution in [0.1, 0.15) is 42.2 Å². The van der Waals surface area contributed by atoms with Crippen molar-refractivity contribution in [3.8, 4) is 0 Å². The topological polar surface area (TPSA) is 60.1 Å². The first-order chi connectivity index (χ1) is 13.7. The molecular weight excluding hydrogens is 350 g/mol. The molecular formula is C23H25N3O2. The van der Waals surface area contributed by atoms with Crippen LogP contribution in [0.15, 0.2) is 65.4 Å². The Morgan fingerprint density at radius 1 is 1.29 bits per heavy atom. The number of furan rings is 1. The Morgan fingerprint density at radius 2 is 2.11 bits per heavy atom. The fraction of sp³-hybridized carbons (Fsp3) is 0.304. The maximum absolute atomic E-state index is 12.1. The molecule has 2 aromatic heterocycles. The molecule has 0 spiro atoms. The summed E-state index contributed by atoms with van der Waals surface area (Å²) in [5, 5.41) is 2.91. The van der Waals surface area contributed by atoms with Crippen LogP contribution in [0.3, 0.4) is 0 Å². The molecule has 1 aliphatic carbocycles. The van der Waals surface area contributed by atoms with Crippen LogP contribution in [-0.4, -0.2) is 22.0 Å². The molecule has 144 valence electrons. The maximum Gasteiger partial charge on any atom is 0.244 e. The van der Waals surface area contributed by atoms with Crippen molar-refractivity contribution in [3.63, 3.8) is 0 Å². The minimum atomic E-state index is -0.126. The van der Waals surface area contributed by atoms with Crippen LogP contribution in [0.4, 0.5) is 0 Å². The molecule has 5 nitrogen and oxygen atoms in total. The molecule has 0 radical (unpaired) electrons. The minimum Gasteiger partial charge on any atom is -0.461 e. The molecule has 1 aliphatic rings. The second kappa shape index (κ2) is 8.30. The first kappa shape index (κ1) is 18.3. The van der Waals surface area contributed by atoms with E-state index in [1.54, 1.807) is 12.3 Å². The van der Waals surface area contributed by atoms with Crippen molar-refractivity contribution in [3.05, 3.63) is 83.8 Å².